The van der Waals surface area contributed by atoms with E-state index in [0.29, 0.717) is 41.7 Å². The van der Waals surface area contributed by atoms with Crippen molar-refractivity contribution in [3.8, 4) is 22.8 Å². The molecule has 0 spiro atoms. The van der Waals surface area contributed by atoms with Gasteiger partial charge in [-0.15, -0.1) is 10.2 Å². The number of amides is 2. The molecular weight excluding hydrogens is 372 g/mol. The zero-order valence-corrected chi connectivity index (χ0v) is 15.2. The Balaban J connectivity index is 1.31. The van der Waals surface area contributed by atoms with E-state index in [1.54, 1.807) is 29.0 Å². The first-order chi connectivity index (χ1) is 14.2. The van der Waals surface area contributed by atoms with Crippen LogP contribution in [0.3, 0.4) is 0 Å². The third kappa shape index (κ3) is 3.53. The second kappa shape index (κ2) is 7.12. The molecule has 9 nitrogen and oxygen atoms in total. The average molecular weight is 388 g/mol. The summed E-state index contributed by atoms with van der Waals surface area (Å²) in [6.07, 6.45) is 1.54. The smallest absolute Gasteiger partial charge is 0.323 e. The van der Waals surface area contributed by atoms with Crippen LogP contribution in [0.2, 0.25) is 0 Å². The van der Waals surface area contributed by atoms with Gasteiger partial charge in [-0.2, -0.15) is 9.61 Å². The Morgan fingerprint density at radius 2 is 1.76 bits per heavy atom. The topological polar surface area (TPSA) is 103 Å². The van der Waals surface area contributed by atoms with Crippen molar-refractivity contribution in [3.05, 3.63) is 60.9 Å². The number of hydrogen-bond acceptors (Lipinski definition) is 6. The second-order valence-corrected chi connectivity index (χ2v) is 6.37. The number of benzene rings is 2. The molecule has 1 aliphatic heterocycles. The van der Waals surface area contributed by atoms with Gasteiger partial charge in [0.05, 0.1) is 5.69 Å². The number of nitrogens with zero attached hydrogens (tertiary/aromatic N) is 4. The van der Waals surface area contributed by atoms with Gasteiger partial charge in [0.2, 0.25) is 0 Å². The lowest BCUT2D eigenvalue weighted by Gasteiger charge is -2.19. The first-order valence-corrected chi connectivity index (χ1v) is 9.00. The monoisotopic (exact) mass is 388 g/mol. The number of ether oxygens (including phenoxy) is 2. The summed E-state index contributed by atoms with van der Waals surface area (Å²) in [6.45, 7) is 1.01. The van der Waals surface area contributed by atoms with Crippen LogP contribution in [0, 0.1) is 0 Å². The lowest BCUT2D eigenvalue weighted by Crippen LogP contribution is -2.20. The van der Waals surface area contributed by atoms with E-state index in [1.807, 2.05) is 36.4 Å². The summed E-state index contributed by atoms with van der Waals surface area (Å²) in [6, 6.07) is 16.0. The van der Waals surface area contributed by atoms with Gasteiger partial charge >= 0.3 is 6.03 Å². The van der Waals surface area contributed by atoms with Crippen LogP contribution >= 0.6 is 0 Å². The molecule has 29 heavy (non-hydrogen) atoms. The summed E-state index contributed by atoms with van der Waals surface area (Å²) in [7, 11) is 0. The van der Waals surface area contributed by atoms with Crippen LogP contribution in [0.15, 0.2) is 60.9 Å². The normalized spacial score (nSPS) is 12.6. The van der Waals surface area contributed by atoms with Gasteiger partial charge in [0.15, 0.2) is 17.1 Å². The molecule has 3 heterocycles. The Morgan fingerprint density at radius 3 is 2.66 bits per heavy atom. The molecule has 9 heteroatoms. The van der Waals surface area contributed by atoms with Gasteiger partial charge in [-0.1, -0.05) is 12.1 Å². The zero-order valence-electron chi connectivity index (χ0n) is 15.2. The lowest BCUT2D eigenvalue weighted by atomic mass is 10.1. The van der Waals surface area contributed by atoms with E-state index in [4.69, 9.17) is 9.47 Å². The molecule has 2 amide bonds. The van der Waals surface area contributed by atoms with Crippen molar-refractivity contribution in [2.45, 2.75) is 0 Å². The molecule has 0 unspecified atom stereocenters. The number of carbonyl (C=O) groups is 1. The SMILES string of the molecule is O=C(Nc1cccc(-c2ccc3nncn3n2)c1)Nc1ccc2c(c1)OCCO2. The number of hydrogen-bond donors (Lipinski definition) is 2. The van der Waals surface area contributed by atoms with Gasteiger partial charge in [0.25, 0.3) is 0 Å². The number of aromatic nitrogens is 4. The molecule has 2 aromatic carbocycles. The first-order valence-electron chi connectivity index (χ1n) is 9.00. The number of rotatable bonds is 3. The van der Waals surface area contributed by atoms with Crippen molar-refractivity contribution in [1.82, 2.24) is 19.8 Å². The van der Waals surface area contributed by atoms with Gasteiger partial charge in [0.1, 0.15) is 19.5 Å². The third-order valence-electron chi connectivity index (χ3n) is 4.38. The van der Waals surface area contributed by atoms with Crippen LogP contribution in [0.4, 0.5) is 16.2 Å². The maximum Gasteiger partial charge on any atom is 0.323 e. The molecule has 0 aliphatic carbocycles. The predicted octanol–water partition coefficient (Wildman–Crippen LogP) is 3.21. The minimum absolute atomic E-state index is 0.360. The predicted molar refractivity (Wildman–Crippen MR) is 106 cm³/mol. The second-order valence-electron chi connectivity index (χ2n) is 6.37. The van der Waals surface area contributed by atoms with E-state index in [1.165, 1.54) is 0 Å². The molecule has 0 fully saturated rings. The summed E-state index contributed by atoms with van der Waals surface area (Å²) >= 11 is 0. The van der Waals surface area contributed by atoms with Crippen molar-refractivity contribution >= 4 is 23.1 Å². The number of nitrogens with one attached hydrogen (secondary N) is 2. The summed E-state index contributed by atoms with van der Waals surface area (Å²) in [5.74, 6) is 1.29. The molecule has 2 N–H and O–H groups in total. The van der Waals surface area contributed by atoms with Crippen LogP contribution in [0.5, 0.6) is 11.5 Å². The number of anilines is 2. The zero-order chi connectivity index (χ0) is 19.6. The van der Waals surface area contributed by atoms with Gasteiger partial charge in [-0.3, -0.25) is 0 Å². The van der Waals surface area contributed by atoms with E-state index in [0.717, 1.165) is 11.3 Å². The van der Waals surface area contributed by atoms with Gasteiger partial charge in [-0.25, -0.2) is 4.79 Å². The Kier molecular flexibility index (Phi) is 4.17. The summed E-state index contributed by atoms with van der Waals surface area (Å²) in [5, 5.41) is 17.9. The summed E-state index contributed by atoms with van der Waals surface area (Å²) < 4.78 is 12.6. The van der Waals surface area contributed by atoms with Gasteiger partial charge in [-0.05, 0) is 36.4 Å². The number of urea groups is 1. The molecule has 0 radical (unpaired) electrons. The highest BCUT2D eigenvalue weighted by molar-refractivity contribution is 6.00. The fourth-order valence-corrected chi connectivity index (χ4v) is 3.05. The van der Waals surface area contributed by atoms with Gasteiger partial charge < -0.3 is 20.1 Å². The van der Waals surface area contributed by atoms with Crippen LogP contribution < -0.4 is 20.1 Å². The van der Waals surface area contributed by atoms with Crippen molar-refractivity contribution < 1.29 is 14.3 Å². The van der Waals surface area contributed by atoms with Crippen LogP contribution in [0.25, 0.3) is 16.9 Å². The minimum atomic E-state index is -0.360. The minimum Gasteiger partial charge on any atom is -0.486 e. The molecule has 0 saturated carbocycles. The van der Waals surface area contributed by atoms with Crippen molar-refractivity contribution in [2.75, 3.05) is 23.8 Å². The molecule has 0 bridgehead atoms. The Hall–Kier alpha value is -4.14. The molecular formula is C20H16N6O3. The number of carbonyl (C=O) groups excluding carboxylic acids is 1. The molecule has 0 atom stereocenters. The molecule has 4 aromatic rings. The summed E-state index contributed by atoms with van der Waals surface area (Å²) in [5.41, 5.74) is 3.53. The highest BCUT2D eigenvalue weighted by atomic mass is 16.6. The largest absolute Gasteiger partial charge is 0.486 e. The Morgan fingerprint density at radius 1 is 0.931 bits per heavy atom. The molecule has 1 aliphatic rings. The van der Waals surface area contributed by atoms with E-state index in [-0.39, 0.29) is 6.03 Å². The van der Waals surface area contributed by atoms with Gasteiger partial charge in [0, 0.05) is 23.0 Å². The summed E-state index contributed by atoms with van der Waals surface area (Å²) in [4.78, 5) is 12.4. The fourth-order valence-electron chi connectivity index (χ4n) is 3.05. The molecule has 2 aromatic heterocycles. The standard InChI is InChI=1S/C20H16N6O3/c27-20(23-15-4-6-17-18(11-15)29-9-8-28-17)22-14-3-1-2-13(10-14)16-5-7-19-24-21-12-26(19)25-16/h1-7,10-12H,8-9H2,(H2,22,23,27). The highest BCUT2D eigenvalue weighted by Gasteiger charge is 2.13. The lowest BCUT2D eigenvalue weighted by molar-refractivity contribution is 0.171. The molecule has 0 saturated heterocycles. The number of fused-ring (bicyclic) bond motifs is 2. The Labute approximate surface area is 165 Å². The first kappa shape index (κ1) is 17.0. The van der Waals surface area contributed by atoms with Crippen LogP contribution in [0.1, 0.15) is 0 Å². The van der Waals surface area contributed by atoms with Crippen molar-refractivity contribution in [3.63, 3.8) is 0 Å². The molecule has 5 rings (SSSR count). The van der Waals surface area contributed by atoms with Crippen molar-refractivity contribution in [1.29, 1.82) is 0 Å². The van der Waals surface area contributed by atoms with E-state index in [2.05, 4.69) is 25.9 Å². The van der Waals surface area contributed by atoms with E-state index >= 15 is 0 Å². The molecule has 144 valence electrons. The van der Waals surface area contributed by atoms with Crippen molar-refractivity contribution in [2.24, 2.45) is 0 Å². The average Bonchev–Trinajstić information content (AvgIpc) is 3.22. The maximum atomic E-state index is 12.4. The van der Waals surface area contributed by atoms with E-state index < -0.39 is 0 Å². The van der Waals surface area contributed by atoms with E-state index in [9.17, 15) is 4.79 Å². The fraction of sp³-hybridized carbons (Fsp3) is 0.100. The van der Waals surface area contributed by atoms with Crippen LogP contribution in [-0.4, -0.2) is 39.1 Å². The highest BCUT2D eigenvalue weighted by Crippen LogP contribution is 2.32. The maximum absolute atomic E-state index is 12.4. The van der Waals surface area contributed by atoms with Crippen LogP contribution in [-0.2, 0) is 0 Å². The third-order valence-corrected chi connectivity index (χ3v) is 4.38. The Bertz CT molecular complexity index is 1210. The quantitative estimate of drug-likeness (QED) is 0.559.